The SMILES string of the molecule is CC(C)S(=O)(=O)Nc1ccsc1-c1ccc(-c2c(N)cccc2C(=O)O)cc1. The number of nitrogens with one attached hydrogen (secondary N) is 1. The second-order valence-electron chi connectivity index (χ2n) is 6.51. The van der Waals surface area contributed by atoms with E-state index in [1.54, 1.807) is 44.2 Å². The highest BCUT2D eigenvalue weighted by Gasteiger charge is 2.19. The first-order valence-electron chi connectivity index (χ1n) is 8.52. The molecular weight excluding hydrogens is 396 g/mol. The number of carbonyl (C=O) groups is 1. The van der Waals surface area contributed by atoms with Gasteiger partial charge >= 0.3 is 5.97 Å². The topological polar surface area (TPSA) is 109 Å². The Labute approximate surface area is 167 Å². The van der Waals surface area contributed by atoms with Gasteiger partial charge in [0.15, 0.2) is 0 Å². The Morgan fingerprint density at radius 1 is 1.07 bits per heavy atom. The van der Waals surface area contributed by atoms with Crippen LogP contribution in [0.1, 0.15) is 24.2 Å². The molecule has 28 heavy (non-hydrogen) atoms. The van der Waals surface area contributed by atoms with E-state index in [1.165, 1.54) is 17.4 Å². The zero-order valence-corrected chi connectivity index (χ0v) is 17.0. The average Bonchev–Trinajstić information content (AvgIpc) is 3.09. The van der Waals surface area contributed by atoms with E-state index in [1.807, 2.05) is 17.5 Å². The van der Waals surface area contributed by atoms with Gasteiger partial charge in [-0.05, 0) is 48.6 Å². The van der Waals surface area contributed by atoms with Crippen LogP contribution in [0, 0.1) is 0 Å². The lowest BCUT2D eigenvalue weighted by molar-refractivity contribution is 0.0697. The largest absolute Gasteiger partial charge is 0.478 e. The van der Waals surface area contributed by atoms with Crippen LogP contribution >= 0.6 is 11.3 Å². The molecule has 1 aromatic heterocycles. The fourth-order valence-electron chi connectivity index (χ4n) is 2.74. The highest BCUT2D eigenvalue weighted by Crippen LogP contribution is 2.37. The van der Waals surface area contributed by atoms with Gasteiger partial charge < -0.3 is 10.8 Å². The predicted molar refractivity (Wildman–Crippen MR) is 114 cm³/mol. The van der Waals surface area contributed by atoms with Crippen molar-refractivity contribution >= 4 is 38.7 Å². The van der Waals surface area contributed by atoms with Crippen molar-refractivity contribution < 1.29 is 18.3 Å². The first kappa shape index (κ1) is 19.9. The molecule has 2 aromatic carbocycles. The van der Waals surface area contributed by atoms with E-state index in [0.29, 0.717) is 22.5 Å². The summed E-state index contributed by atoms with van der Waals surface area (Å²) in [5.74, 6) is -1.05. The molecule has 3 aromatic rings. The van der Waals surface area contributed by atoms with E-state index < -0.39 is 21.2 Å². The number of thiophene rings is 1. The minimum absolute atomic E-state index is 0.134. The van der Waals surface area contributed by atoms with Crippen LogP contribution in [-0.2, 0) is 10.0 Å². The van der Waals surface area contributed by atoms with Gasteiger partial charge in [0.2, 0.25) is 10.0 Å². The molecule has 0 aliphatic rings. The van der Waals surface area contributed by atoms with Crippen LogP contribution in [0.25, 0.3) is 21.6 Å². The summed E-state index contributed by atoms with van der Waals surface area (Å²) in [5.41, 5.74) is 9.02. The minimum atomic E-state index is -3.45. The Balaban J connectivity index is 1.99. The van der Waals surface area contributed by atoms with Gasteiger partial charge in [-0.25, -0.2) is 13.2 Å². The van der Waals surface area contributed by atoms with Crippen LogP contribution in [0.15, 0.2) is 53.9 Å². The number of nitrogen functional groups attached to an aromatic ring is 1. The third-order valence-electron chi connectivity index (χ3n) is 4.30. The Bertz CT molecular complexity index is 1120. The third kappa shape index (κ3) is 3.88. The molecule has 0 fully saturated rings. The number of carboxylic acids is 1. The summed E-state index contributed by atoms with van der Waals surface area (Å²) in [5, 5.41) is 10.7. The number of nitrogens with two attached hydrogens (primary N) is 1. The molecule has 0 saturated carbocycles. The fraction of sp³-hybridized carbons (Fsp3) is 0.150. The van der Waals surface area contributed by atoms with Gasteiger partial charge in [0, 0.05) is 11.3 Å². The van der Waals surface area contributed by atoms with Crippen LogP contribution < -0.4 is 10.5 Å². The molecule has 0 amide bonds. The molecule has 0 radical (unpaired) electrons. The van der Waals surface area contributed by atoms with Crippen molar-refractivity contribution in [3.63, 3.8) is 0 Å². The summed E-state index contributed by atoms with van der Waals surface area (Å²) in [4.78, 5) is 12.3. The highest BCUT2D eigenvalue weighted by atomic mass is 32.2. The van der Waals surface area contributed by atoms with Crippen LogP contribution in [-0.4, -0.2) is 24.7 Å². The van der Waals surface area contributed by atoms with Gasteiger partial charge in [-0.3, -0.25) is 4.72 Å². The molecule has 1 heterocycles. The van der Waals surface area contributed by atoms with Crippen LogP contribution in [0.2, 0.25) is 0 Å². The molecule has 6 nitrogen and oxygen atoms in total. The Morgan fingerprint density at radius 2 is 1.71 bits per heavy atom. The van der Waals surface area contributed by atoms with E-state index in [-0.39, 0.29) is 5.56 Å². The number of sulfonamides is 1. The summed E-state index contributed by atoms with van der Waals surface area (Å²) < 4.78 is 27.0. The normalized spacial score (nSPS) is 11.5. The summed E-state index contributed by atoms with van der Waals surface area (Å²) in [6.07, 6.45) is 0. The molecule has 0 atom stereocenters. The van der Waals surface area contributed by atoms with Crippen molar-refractivity contribution in [2.24, 2.45) is 0 Å². The van der Waals surface area contributed by atoms with E-state index in [4.69, 9.17) is 5.73 Å². The lowest BCUT2D eigenvalue weighted by Crippen LogP contribution is -2.22. The van der Waals surface area contributed by atoms with E-state index in [9.17, 15) is 18.3 Å². The number of rotatable bonds is 6. The lowest BCUT2D eigenvalue weighted by Gasteiger charge is -2.13. The maximum atomic E-state index is 12.2. The molecule has 146 valence electrons. The summed E-state index contributed by atoms with van der Waals surface area (Å²) >= 11 is 1.42. The zero-order chi connectivity index (χ0) is 20.5. The van der Waals surface area contributed by atoms with Crippen LogP contribution in [0.3, 0.4) is 0 Å². The Kier molecular flexibility index (Phi) is 5.44. The molecule has 0 unspecified atom stereocenters. The maximum Gasteiger partial charge on any atom is 0.336 e. The number of aromatic carboxylic acids is 1. The number of hydrogen-bond donors (Lipinski definition) is 3. The monoisotopic (exact) mass is 416 g/mol. The van der Waals surface area contributed by atoms with Crippen molar-refractivity contribution in [2.75, 3.05) is 10.5 Å². The van der Waals surface area contributed by atoms with Crippen LogP contribution in [0.4, 0.5) is 11.4 Å². The second-order valence-corrected chi connectivity index (χ2v) is 9.66. The zero-order valence-electron chi connectivity index (χ0n) is 15.3. The number of benzene rings is 2. The van der Waals surface area contributed by atoms with E-state index >= 15 is 0 Å². The summed E-state index contributed by atoms with van der Waals surface area (Å²) in [7, 11) is -3.45. The molecule has 0 bridgehead atoms. The van der Waals surface area contributed by atoms with E-state index in [2.05, 4.69) is 4.72 Å². The second kappa shape index (κ2) is 7.65. The van der Waals surface area contributed by atoms with Crippen molar-refractivity contribution in [1.29, 1.82) is 0 Å². The Hall–Kier alpha value is -2.84. The highest BCUT2D eigenvalue weighted by molar-refractivity contribution is 7.93. The first-order chi connectivity index (χ1) is 13.2. The van der Waals surface area contributed by atoms with Crippen molar-refractivity contribution in [3.8, 4) is 21.6 Å². The molecule has 0 aliphatic heterocycles. The fourth-order valence-corrected chi connectivity index (χ4v) is 4.38. The van der Waals surface area contributed by atoms with Gasteiger partial charge in [-0.1, -0.05) is 30.3 Å². The molecule has 0 spiro atoms. The minimum Gasteiger partial charge on any atom is -0.478 e. The number of anilines is 2. The molecule has 4 N–H and O–H groups in total. The van der Waals surface area contributed by atoms with Crippen molar-refractivity contribution in [2.45, 2.75) is 19.1 Å². The van der Waals surface area contributed by atoms with Crippen LogP contribution in [0.5, 0.6) is 0 Å². The third-order valence-corrected chi connectivity index (χ3v) is 7.01. The van der Waals surface area contributed by atoms with Crippen molar-refractivity contribution in [3.05, 3.63) is 59.5 Å². The molecule has 0 saturated heterocycles. The maximum absolute atomic E-state index is 12.2. The van der Waals surface area contributed by atoms with Gasteiger partial charge in [0.25, 0.3) is 0 Å². The van der Waals surface area contributed by atoms with Gasteiger partial charge in [0.1, 0.15) is 0 Å². The molecule has 8 heteroatoms. The molecule has 0 aliphatic carbocycles. The molecule has 3 rings (SSSR count). The standard InChI is InChI=1S/C20H20N2O4S2/c1-12(2)28(25,26)22-17-10-11-27-19(17)14-8-6-13(7-9-14)18-15(20(23)24)4-3-5-16(18)21/h3-12,22H,21H2,1-2H3,(H,23,24). The quantitative estimate of drug-likeness (QED) is 0.512. The van der Waals surface area contributed by atoms with Gasteiger partial charge in [-0.15, -0.1) is 11.3 Å². The first-order valence-corrected chi connectivity index (χ1v) is 10.9. The van der Waals surface area contributed by atoms with Crippen molar-refractivity contribution in [1.82, 2.24) is 0 Å². The molecular formula is C20H20N2O4S2. The predicted octanol–water partition coefficient (Wildman–Crippen LogP) is 4.51. The van der Waals surface area contributed by atoms with E-state index in [0.717, 1.165) is 10.4 Å². The van der Waals surface area contributed by atoms with Gasteiger partial charge in [-0.2, -0.15) is 0 Å². The van der Waals surface area contributed by atoms with Gasteiger partial charge in [0.05, 0.1) is 21.4 Å². The Morgan fingerprint density at radius 3 is 2.32 bits per heavy atom. The number of hydrogen-bond acceptors (Lipinski definition) is 5. The average molecular weight is 417 g/mol. The summed E-state index contributed by atoms with van der Waals surface area (Å²) in [6, 6.07) is 13.7. The summed E-state index contributed by atoms with van der Waals surface area (Å²) in [6.45, 7) is 3.24. The lowest BCUT2D eigenvalue weighted by atomic mass is 9.96. The number of carboxylic acid groups (broad SMARTS) is 1. The smallest absolute Gasteiger partial charge is 0.336 e.